The summed E-state index contributed by atoms with van der Waals surface area (Å²) < 4.78 is 19.0. The topological polar surface area (TPSA) is 38.3 Å². The van der Waals surface area contributed by atoms with Crippen LogP contribution in [0.2, 0.25) is 0 Å². The lowest BCUT2D eigenvalue weighted by Crippen LogP contribution is -2.41. The van der Waals surface area contributed by atoms with Crippen LogP contribution in [0.5, 0.6) is 5.75 Å². The Kier molecular flexibility index (Phi) is 4.31. The number of nitrogens with one attached hydrogen (secondary N) is 1. The van der Waals surface area contributed by atoms with Gasteiger partial charge in [0, 0.05) is 12.0 Å². The molecule has 2 aromatic carbocycles. The van der Waals surface area contributed by atoms with Crippen LogP contribution in [0.4, 0.5) is 4.39 Å². The van der Waals surface area contributed by atoms with Crippen LogP contribution in [0.3, 0.4) is 0 Å². The highest BCUT2D eigenvalue weighted by atomic mass is 19.1. The van der Waals surface area contributed by atoms with Crippen molar-refractivity contribution in [3.8, 4) is 5.75 Å². The van der Waals surface area contributed by atoms with E-state index in [1.807, 2.05) is 39.0 Å². The largest absolute Gasteiger partial charge is 0.487 e. The lowest BCUT2D eigenvalue weighted by Gasteiger charge is -2.38. The number of aryl methyl sites for hydroxylation is 1. The third-order valence-electron chi connectivity index (χ3n) is 4.24. The summed E-state index contributed by atoms with van der Waals surface area (Å²) in [5, 5.41) is 3.10. The molecule has 1 aliphatic heterocycles. The minimum absolute atomic E-state index is 0.0733. The molecule has 0 radical (unpaired) electrons. The van der Waals surface area contributed by atoms with Gasteiger partial charge in [0.15, 0.2) is 0 Å². The van der Waals surface area contributed by atoms with Crippen molar-refractivity contribution in [2.24, 2.45) is 0 Å². The maximum absolute atomic E-state index is 13.0. The van der Waals surface area contributed by atoms with Crippen molar-refractivity contribution in [1.82, 2.24) is 5.32 Å². The summed E-state index contributed by atoms with van der Waals surface area (Å²) in [7, 11) is 0. The third kappa shape index (κ3) is 3.75. The molecule has 126 valence electrons. The van der Waals surface area contributed by atoms with Crippen molar-refractivity contribution in [1.29, 1.82) is 0 Å². The van der Waals surface area contributed by atoms with Crippen LogP contribution in [0.15, 0.2) is 42.5 Å². The highest BCUT2D eigenvalue weighted by molar-refractivity contribution is 5.79. The molecular weight excluding hydrogens is 305 g/mol. The van der Waals surface area contributed by atoms with Crippen molar-refractivity contribution >= 4 is 5.91 Å². The second-order valence-corrected chi connectivity index (χ2v) is 7.03. The normalized spacial score (nSPS) is 18.4. The number of fused-ring (bicyclic) bond motifs is 1. The minimum atomic E-state index is -0.339. The van der Waals surface area contributed by atoms with Gasteiger partial charge in [-0.15, -0.1) is 0 Å². The van der Waals surface area contributed by atoms with Gasteiger partial charge >= 0.3 is 0 Å². The Labute approximate surface area is 141 Å². The number of hydrogen-bond acceptors (Lipinski definition) is 2. The van der Waals surface area contributed by atoms with E-state index in [-0.39, 0.29) is 29.8 Å². The van der Waals surface area contributed by atoms with Crippen molar-refractivity contribution in [2.75, 3.05) is 0 Å². The zero-order valence-corrected chi connectivity index (χ0v) is 14.2. The standard InChI is InChI=1S/C20H22FNO2/c1-13-4-9-16-17(12-20(2,3)24-18(16)10-13)22-19(23)11-14-5-7-15(21)8-6-14/h4-10,17H,11-12H2,1-3H3,(H,22,23)/t17-/m1/s1. The SMILES string of the molecule is Cc1ccc2c(c1)OC(C)(C)C[C@H]2NC(=O)Cc1ccc(F)cc1. The maximum Gasteiger partial charge on any atom is 0.224 e. The minimum Gasteiger partial charge on any atom is -0.487 e. The van der Waals surface area contributed by atoms with Crippen molar-refractivity contribution in [3.63, 3.8) is 0 Å². The van der Waals surface area contributed by atoms with E-state index in [4.69, 9.17) is 4.74 Å². The molecule has 4 heteroatoms. The van der Waals surface area contributed by atoms with E-state index in [1.165, 1.54) is 12.1 Å². The van der Waals surface area contributed by atoms with E-state index in [0.29, 0.717) is 6.42 Å². The second kappa shape index (κ2) is 6.27. The highest BCUT2D eigenvalue weighted by Crippen LogP contribution is 2.39. The quantitative estimate of drug-likeness (QED) is 0.922. The van der Waals surface area contributed by atoms with Crippen LogP contribution in [0.1, 0.15) is 43.0 Å². The third-order valence-corrected chi connectivity index (χ3v) is 4.24. The lowest BCUT2D eigenvalue weighted by atomic mass is 9.89. The average molecular weight is 327 g/mol. The fraction of sp³-hybridized carbons (Fsp3) is 0.350. The molecule has 0 saturated heterocycles. The number of ether oxygens (including phenoxy) is 1. The fourth-order valence-electron chi connectivity index (χ4n) is 3.12. The predicted molar refractivity (Wildman–Crippen MR) is 91.5 cm³/mol. The van der Waals surface area contributed by atoms with E-state index in [1.54, 1.807) is 12.1 Å². The molecule has 1 atom stereocenters. The smallest absolute Gasteiger partial charge is 0.224 e. The van der Waals surface area contributed by atoms with Crippen LogP contribution < -0.4 is 10.1 Å². The summed E-state index contributed by atoms with van der Waals surface area (Å²) in [4.78, 5) is 12.4. The molecule has 0 aromatic heterocycles. The van der Waals surface area contributed by atoms with E-state index >= 15 is 0 Å². The number of carbonyl (C=O) groups is 1. The van der Waals surface area contributed by atoms with Crippen LogP contribution in [0, 0.1) is 12.7 Å². The Morgan fingerprint density at radius 2 is 1.96 bits per heavy atom. The molecule has 0 bridgehead atoms. The number of rotatable bonds is 3. The number of carbonyl (C=O) groups excluding carboxylic acids is 1. The van der Waals surface area contributed by atoms with Gasteiger partial charge in [0.1, 0.15) is 17.2 Å². The first-order valence-corrected chi connectivity index (χ1v) is 8.16. The molecule has 0 saturated carbocycles. The molecule has 1 N–H and O–H groups in total. The van der Waals surface area contributed by atoms with Gasteiger partial charge in [-0.2, -0.15) is 0 Å². The van der Waals surface area contributed by atoms with Crippen molar-refractivity contribution in [3.05, 3.63) is 65.0 Å². The van der Waals surface area contributed by atoms with E-state index < -0.39 is 0 Å². The Morgan fingerprint density at radius 3 is 2.67 bits per heavy atom. The van der Waals surface area contributed by atoms with Gasteiger partial charge in [-0.1, -0.05) is 24.3 Å². The van der Waals surface area contributed by atoms with Crippen LogP contribution in [-0.4, -0.2) is 11.5 Å². The monoisotopic (exact) mass is 327 g/mol. The molecule has 2 aromatic rings. The highest BCUT2D eigenvalue weighted by Gasteiger charge is 2.34. The molecule has 1 heterocycles. The molecule has 0 spiro atoms. The molecule has 24 heavy (non-hydrogen) atoms. The number of halogens is 1. The lowest BCUT2D eigenvalue weighted by molar-refractivity contribution is -0.121. The fourth-order valence-corrected chi connectivity index (χ4v) is 3.12. The molecular formula is C20H22FNO2. The Morgan fingerprint density at radius 1 is 1.25 bits per heavy atom. The van der Waals surface area contributed by atoms with Crippen LogP contribution >= 0.6 is 0 Å². The van der Waals surface area contributed by atoms with Gasteiger partial charge < -0.3 is 10.1 Å². The van der Waals surface area contributed by atoms with Crippen molar-refractivity contribution < 1.29 is 13.9 Å². The molecule has 3 rings (SSSR count). The molecule has 1 aliphatic rings. The average Bonchev–Trinajstić information content (AvgIpc) is 2.48. The predicted octanol–water partition coefficient (Wildman–Crippen LogP) is 4.10. The van der Waals surface area contributed by atoms with Gasteiger partial charge in [-0.25, -0.2) is 4.39 Å². The van der Waals surface area contributed by atoms with Crippen molar-refractivity contribution in [2.45, 2.75) is 45.3 Å². The van der Waals surface area contributed by atoms with Gasteiger partial charge in [0.25, 0.3) is 0 Å². The van der Waals surface area contributed by atoms with E-state index in [2.05, 4.69) is 5.32 Å². The first kappa shape index (κ1) is 16.5. The molecule has 0 aliphatic carbocycles. The Balaban J connectivity index is 1.76. The molecule has 3 nitrogen and oxygen atoms in total. The maximum atomic E-state index is 13.0. The summed E-state index contributed by atoms with van der Waals surface area (Å²) in [6.07, 6.45) is 0.942. The molecule has 0 fully saturated rings. The Hall–Kier alpha value is -2.36. The van der Waals surface area contributed by atoms with E-state index in [0.717, 1.165) is 22.4 Å². The summed E-state index contributed by atoms with van der Waals surface area (Å²) in [5.41, 5.74) is 2.59. The van der Waals surface area contributed by atoms with Crippen LogP contribution in [0.25, 0.3) is 0 Å². The number of amides is 1. The summed E-state index contributed by atoms with van der Waals surface area (Å²) in [6.45, 7) is 6.07. The van der Waals surface area contributed by atoms with Gasteiger partial charge in [-0.3, -0.25) is 4.79 Å². The number of benzene rings is 2. The van der Waals surface area contributed by atoms with Crippen LogP contribution in [-0.2, 0) is 11.2 Å². The number of hydrogen-bond donors (Lipinski definition) is 1. The second-order valence-electron chi connectivity index (χ2n) is 7.03. The summed E-state index contributed by atoms with van der Waals surface area (Å²) in [5.74, 6) is 0.462. The summed E-state index contributed by atoms with van der Waals surface area (Å²) >= 11 is 0. The Bertz CT molecular complexity index is 753. The first-order chi connectivity index (χ1) is 11.3. The zero-order chi connectivity index (χ0) is 17.3. The van der Waals surface area contributed by atoms with E-state index in [9.17, 15) is 9.18 Å². The van der Waals surface area contributed by atoms with Gasteiger partial charge in [0.2, 0.25) is 5.91 Å². The zero-order valence-electron chi connectivity index (χ0n) is 14.2. The summed E-state index contributed by atoms with van der Waals surface area (Å²) in [6, 6.07) is 12.0. The van der Waals surface area contributed by atoms with Gasteiger partial charge in [-0.05, 0) is 50.1 Å². The van der Waals surface area contributed by atoms with Gasteiger partial charge in [0.05, 0.1) is 12.5 Å². The molecule has 1 amide bonds. The first-order valence-electron chi connectivity index (χ1n) is 8.16. The molecule has 0 unspecified atom stereocenters.